The lowest BCUT2D eigenvalue weighted by Gasteiger charge is -2.32. The summed E-state index contributed by atoms with van der Waals surface area (Å²) in [6, 6.07) is 0.509. The van der Waals surface area contributed by atoms with E-state index in [0.717, 1.165) is 45.1 Å². The lowest BCUT2D eigenvalue weighted by atomic mass is 9.94. The van der Waals surface area contributed by atoms with E-state index < -0.39 is 9.84 Å². The highest BCUT2D eigenvalue weighted by atomic mass is 32.2. The Morgan fingerprint density at radius 1 is 1.11 bits per heavy atom. The van der Waals surface area contributed by atoms with Gasteiger partial charge in [-0.1, -0.05) is 0 Å². The van der Waals surface area contributed by atoms with Crippen molar-refractivity contribution in [2.75, 3.05) is 18.1 Å². The SMILES string of the molecule is O=C1CCCC1C1CCCN1C1CCS(=O)(=O)C1. The fourth-order valence-electron chi connectivity index (χ4n) is 3.99. The third-order valence-electron chi connectivity index (χ3n) is 4.84. The van der Waals surface area contributed by atoms with Gasteiger partial charge in [0.05, 0.1) is 11.5 Å². The van der Waals surface area contributed by atoms with Crippen molar-refractivity contribution in [1.82, 2.24) is 4.90 Å². The van der Waals surface area contributed by atoms with Crippen LogP contribution >= 0.6 is 0 Å². The summed E-state index contributed by atoms with van der Waals surface area (Å²) in [5.74, 6) is 1.24. The second-order valence-electron chi connectivity index (χ2n) is 5.97. The van der Waals surface area contributed by atoms with Crippen molar-refractivity contribution in [1.29, 1.82) is 0 Å². The molecule has 0 bridgehead atoms. The van der Waals surface area contributed by atoms with Crippen LogP contribution in [0.4, 0.5) is 0 Å². The van der Waals surface area contributed by atoms with Gasteiger partial charge in [0.25, 0.3) is 0 Å². The van der Waals surface area contributed by atoms with E-state index in [1.54, 1.807) is 0 Å². The summed E-state index contributed by atoms with van der Waals surface area (Å²) in [7, 11) is -2.82. The minimum Gasteiger partial charge on any atom is -0.299 e. The molecule has 2 heterocycles. The highest BCUT2D eigenvalue weighted by Gasteiger charge is 2.43. The van der Waals surface area contributed by atoms with E-state index in [0.29, 0.717) is 23.3 Å². The summed E-state index contributed by atoms with van der Waals surface area (Å²) in [6.07, 6.45) is 5.73. The second kappa shape index (κ2) is 4.60. The summed E-state index contributed by atoms with van der Waals surface area (Å²) in [6.45, 7) is 0.981. The fourth-order valence-corrected chi connectivity index (χ4v) is 5.73. The van der Waals surface area contributed by atoms with Crippen molar-refractivity contribution < 1.29 is 13.2 Å². The van der Waals surface area contributed by atoms with Crippen molar-refractivity contribution in [2.24, 2.45) is 5.92 Å². The largest absolute Gasteiger partial charge is 0.299 e. The van der Waals surface area contributed by atoms with Gasteiger partial charge in [-0.2, -0.15) is 0 Å². The Bertz CT molecular complexity index is 445. The Kier molecular flexibility index (Phi) is 3.22. The van der Waals surface area contributed by atoms with Gasteiger partial charge in [-0.3, -0.25) is 9.69 Å². The molecule has 18 heavy (non-hydrogen) atoms. The van der Waals surface area contributed by atoms with Crippen molar-refractivity contribution in [3.05, 3.63) is 0 Å². The molecule has 3 aliphatic rings. The van der Waals surface area contributed by atoms with Crippen LogP contribution in [0.15, 0.2) is 0 Å². The lowest BCUT2D eigenvalue weighted by molar-refractivity contribution is -0.122. The Labute approximate surface area is 109 Å². The molecule has 2 saturated heterocycles. The van der Waals surface area contributed by atoms with Crippen LogP contribution in [0.3, 0.4) is 0 Å². The number of Topliss-reactive ketones (excluding diaryl/α,β-unsaturated/α-hetero) is 1. The number of rotatable bonds is 2. The van der Waals surface area contributed by atoms with E-state index >= 15 is 0 Å². The van der Waals surface area contributed by atoms with Crippen molar-refractivity contribution in [2.45, 2.75) is 50.6 Å². The first-order chi connectivity index (χ1) is 8.57. The van der Waals surface area contributed by atoms with Gasteiger partial charge < -0.3 is 0 Å². The van der Waals surface area contributed by atoms with Crippen LogP contribution in [-0.2, 0) is 14.6 Å². The number of carbonyl (C=O) groups is 1. The Morgan fingerprint density at radius 3 is 2.56 bits per heavy atom. The summed E-state index contributed by atoms with van der Waals surface area (Å²) < 4.78 is 23.2. The molecular weight excluding hydrogens is 250 g/mol. The van der Waals surface area contributed by atoms with Crippen LogP contribution in [0.1, 0.15) is 38.5 Å². The van der Waals surface area contributed by atoms with Crippen molar-refractivity contribution in [3.63, 3.8) is 0 Å². The minimum absolute atomic E-state index is 0.177. The first-order valence-corrected chi connectivity index (χ1v) is 8.88. The maximum absolute atomic E-state index is 11.9. The summed E-state index contributed by atoms with van der Waals surface area (Å²) >= 11 is 0. The zero-order chi connectivity index (χ0) is 12.8. The first-order valence-electron chi connectivity index (χ1n) is 7.06. The molecular formula is C13H21NO3S. The zero-order valence-corrected chi connectivity index (χ0v) is 11.5. The van der Waals surface area contributed by atoms with Gasteiger partial charge in [-0.05, 0) is 38.6 Å². The first kappa shape index (κ1) is 12.6. The van der Waals surface area contributed by atoms with E-state index in [9.17, 15) is 13.2 Å². The fraction of sp³-hybridized carbons (Fsp3) is 0.923. The zero-order valence-electron chi connectivity index (χ0n) is 10.7. The summed E-state index contributed by atoms with van der Waals surface area (Å²) in [4.78, 5) is 14.2. The number of hydrogen-bond donors (Lipinski definition) is 0. The van der Waals surface area contributed by atoms with Crippen LogP contribution in [0.5, 0.6) is 0 Å². The van der Waals surface area contributed by atoms with E-state index in [4.69, 9.17) is 0 Å². The molecule has 0 aromatic carbocycles. The standard InChI is InChI=1S/C13H21NO3S/c15-13-5-1-3-11(13)12-4-2-7-14(12)10-6-8-18(16,17)9-10/h10-12H,1-9H2. The van der Waals surface area contributed by atoms with E-state index in [2.05, 4.69) is 4.90 Å². The van der Waals surface area contributed by atoms with Crippen LogP contribution in [0.25, 0.3) is 0 Å². The predicted octanol–water partition coefficient (Wildman–Crippen LogP) is 1.01. The molecule has 0 radical (unpaired) electrons. The molecule has 0 amide bonds. The van der Waals surface area contributed by atoms with E-state index in [1.165, 1.54) is 0 Å². The molecule has 0 aromatic heterocycles. The van der Waals surface area contributed by atoms with Crippen LogP contribution < -0.4 is 0 Å². The Hall–Kier alpha value is -0.420. The summed E-state index contributed by atoms with van der Waals surface area (Å²) in [5.41, 5.74) is 0. The van der Waals surface area contributed by atoms with Gasteiger partial charge in [0.15, 0.2) is 9.84 Å². The molecule has 2 aliphatic heterocycles. The van der Waals surface area contributed by atoms with Gasteiger partial charge in [-0.25, -0.2) is 8.42 Å². The van der Waals surface area contributed by atoms with Crippen LogP contribution in [0, 0.1) is 5.92 Å². The Morgan fingerprint density at radius 2 is 1.94 bits per heavy atom. The number of ketones is 1. The van der Waals surface area contributed by atoms with Crippen LogP contribution in [0.2, 0.25) is 0 Å². The second-order valence-corrected chi connectivity index (χ2v) is 8.20. The molecule has 0 spiro atoms. The van der Waals surface area contributed by atoms with Crippen molar-refractivity contribution >= 4 is 15.6 Å². The molecule has 102 valence electrons. The molecule has 0 aromatic rings. The highest BCUT2D eigenvalue weighted by molar-refractivity contribution is 7.91. The maximum Gasteiger partial charge on any atom is 0.151 e. The highest BCUT2D eigenvalue weighted by Crippen LogP contribution is 2.36. The topological polar surface area (TPSA) is 54.5 Å². The van der Waals surface area contributed by atoms with Gasteiger partial charge in [0.2, 0.25) is 0 Å². The van der Waals surface area contributed by atoms with Gasteiger partial charge in [-0.15, -0.1) is 0 Å². The number of sulfone groups is 1. The third kappa shape index (κ3) is 2.23. The van der Waals surface area contributed by atoms with Gasteiger partial charge in [0.1, 0.15) is 5.78 Å². The number of carbonyl (C=O) groups excluding carboxylic acids is 1. The molecule has 5 heteroatoms. The average Bonchev–Trinajstić information content (AvgIpc) is 2.96. The smallest absolute Gasteiger partial charge is 0.151 e. The molecule has 3 unspecified atom stereocenters. The molecule has 1 aliphatic carbocycles. The number of hydrogen-bond acceptors (Lipinski definition) is 4. The molecule has 3 fully saturated rings. The molecule has 0 N–H and O–H groups in total. The van der Waals surface area contributed by atoms with E-state index in [1.807, 2.05) is 0 Å². The molecule has 4 nitrogen and oxygen atoms in total. The predicted molar refractivity (Wildman–Crippen MR) is 69.1 cm³/mol. The van der Waals surface area contributed by atoms with Gasteiger partial charge in [0, 0.05) is 24.4 Å². The third-order valence-corrected chi connectivity index (χ3v) is 6.59. The number of nitrogens with zero attached hydrogens (tertiary/aromatic N) is 1. The normalized spacial score (nSPS) is 40.7. The number of likely N-dealkylation sites (tertiary alicyclic amines) is 1. The lowest BCUT2D eigenvalue weighted by Crippen LogP contribution is -2.44. The monoisotopic (exact) mass is 271 g/mol. The quantitative estimate of drug-likeness (QED) is 0.752. The maximum atomic E-state index is 11.9. The van der Waals surface area contributed by atoms with Crippen LogP contribution in [-0.4, -0.2) is 49.2 Å². The molecule has 3 atom stereocenters. The average molecular weight is 271 g/mol. The Balaban J connectivity index is 1.73. The molecule has 1 saturated carbocycles. The summed E-state index contributed by atoms with van der Waals surface area (Å²) in [5, 5.41) is 0. The van der Waals surface area contributed by atoms with E-state index in [-0.39, 0.29) is 12.0 Å². The van der Waals surface area contributed by atoms with Gasteiger partial charge >= 0.3 is 0 Å². The van der Waals surface area contributed by atoms with Crippen molar-refractivity contribution in [3.8, 4) is 0 Å². The molecule has 3 rings (SSSR count). The minimum atomic E-state index is -2.82.